The maximum Gasteiger partial charge on any atom is 0.321 e. The van der Waals surface area contributed by atoms with E-state index in [2.05, 4.69) is 15.6 Å². The molecular formula is C20H21FN4O2. The van der Waals surface area contributed by atoms with Gasteiger partial charge in [0.1, 0.15) is 5.82 Å². The Labute approximate surface area is 156 Å². The molecule has 3 amide bonds. The van der Waals surface area contributed by atoms with Crippen LogP contribution in [0.1, 0.15) is 18.4 Å². The number of carbonyl (C=O) groups is 2. The summed E-state index contributed by atoms with van der Waals surface area (Å²) >= 11 is 0. The van der Waals surface area contributed by atoms with E-state index in [0.717, 1.165) is 18.4 Å². The lowest BCUT2D eigenvalue weighted by atomic mass is 10.0. The van der Waals surface area contributed by atoms with E-state index in [-0.39, 0.29) is 29.1 Å². The first kappa shape index (κ1) is 17.5. The van der Waals surface area contributed by atoms with Crippen molar-refractivity contribution in [1.82, 2.24) is 15.2 Å². The number of halogens is 1. The number of urea groups is 1. The number of pyridine rings is 1. The fraction of sp³-hybridized carbons (Fsp3) is 0.350. The molecule has 2 aliphatic rings. The lowest BCUT2D eigenvalue weighted by Gasteiger charge is -2.17. The number of likely N-dealkylation sites (tertiary alicyclic amines) is 1. The highest BCUT2D eigenvalue weighted by atomic mass is 19.1. The molecule has 1 saturated carbocycles. The van der Waals surface area contributed by atoms with Crippen molar-refractivity contribution < 1.29 is 14.0 Å². The molecule has 1 aromatic heterocycles. The maximum atomic E-state index is 13.3. The molecule has 0 radical (unpaired) electrons. The van der Waals surface area contributed by atoms with Gasteiger partial charge in [-0.3, -0.25) is 9.78 Å². The van der Waals surface area contributed by atoms with Gasteiger partial charge in [0.05, 0.1) is 0 Å². The number of aromatic nitrogens is 1. The number of amides is 3. The molecule has 2 fully saturated rings. The molecule has 1 aliphatic heterocycles. The first-order valence-electron chi connectivity index (χ1n) is 9.04. The second-order valence-electron chi connectivity index (χ2n) is 7.30. The summed E-state index contributed by atoms with van der Waals surface area (Å²) in [6.45, 7) is 1.65. The first-order chi connectivity index (χ1) is 13.1. The molecule has 4 rings (SSSR count). The topological polar surface area (TPSA) is 74.3 Å². The summed E-state index contributed by atoms with van der Waals surface area (Å²) in [5, 5.41) is 5.70. The predicted octanol–water partition coefficient (Wildman–Crippen LogP) is 2.78. The number of hydrogen-bond acceptors (Lipinski definition) is 3. The lowest BCUT2D eigenvalue weighted by molar-refractivity contribution is -0.123. The van der Waals surface area contributed by atoms with E-state index in [4.69, 9.17) is 0 Å². The summed E-state index contributed by atoms with van der Waals surface area (Å²) in [6.07, 6.45) is 5.02. The van der Waals surface area contributed by atoms with Crippen LogP contribution in [-0.4, -0.2) is 34.9 Å². The van der Waals surface area contributed by atoms with Crippen LogP contribution in [-0.2, 0) is 11.3 Å². The molecule has 2 aromatic rings. The van der Waals surface area contributed by atoms with E-state index in [9.17, 15) is 14.0 Å². The van der Waals surface area contributed by atoms with Crippen LogP contribution in [0, 0.1) is 17.2 Å². The monoisotopic (exact) mass is 368 g/mol. The second kappa shape index (κ2) is 6.98. The van der Waals surface area contributed by atoms with Crippen molar-refractivity contribution in [3.8, 4) is 0 Å². The average Bonchev–Trinajstić information content (AvgIpc) is 3.20. The smallest absolute Gasteiger partial charge is 0.321 e. The number of rotatable bonds is 4. The van der Waals surface area contributed by atoms with Crippen molar-refractivity contribution in [3.63, 3.8) is 0 Å². The zero-order valence-electron chi connectivity index (χ0n) is 14.8. The Hall–Kier alpha value is -2.96. The number of nitrogens with zero attached hydrogens (tertiary/aromatic N) is 2. The molecule has 0 unspecified atom stereocenters. The molecular weight excluding hydrogens is 347 g/mol. The normalized spacial score (nSPS) is 23.3. The number of hydrogen-bond donors (Lipinski definition) is 2. The highest BCUT2D eigenvalue weighted by molar-refractivity contribution is 5.90. The van der Waals surface area contributed by atoms with Gasteiger partial charge >= 0.3 is 6.03 Å². The van der Waals surface area contributed by atoms with E-state index < -0.39 is 0 Å². The van der Waals surface area contributed by atoms with Crippen molar-refractivity contribution in [1.29, 1.82) is 0 Å². The maximum absolute atomic E-state index is 13.3. The summed E-state index contributed by atoms with van der Waals surface area (Å²) < 4.78 is 13.3. The van der Waals surface area contributed by atoms with Crippen molar-refractivity contribution >= 4 is 17.6 Å². The van der Waals surface area contributed by atoms with Gasteiger partial charge in [0.2, 0.25) is 5.91 Å². The van der Waals surface area contributed by atoms with Crippen molar-refractivity contribution in [2.24, 2.45) is 11.3 Å². The van der Waals surface area contributed by atoms with E-state index >= 15 is 0 Å². The molecule has 1 aromatic carbocycles. The van der Waals surface area contributed by atoms with Gasteiger partial charge < -0.3 is 15.5 Å². The van der Waals surface area contributed by atoms with Crippen LogP contribution in [0.4, 0.5) is 14.9 Å². The molecule has 2 atom stereocenters. The van der Waals surface area contributed by atoms with Gasteiger partial charge in [-0.1, -0.05) is 6.07 Å². The molecule has 1 spiro atoms. The lowest BCUT2D eigenvalue weighted by Crippen LogP contribution is -2.34. The average molecular weight is 368 g/mol. The summed E-state index contributed by atoms with van der Waals surface area (Å²) in [4.78, 5) is 30.5. The van der Waals surface area contributed by atoms with Crippen LogP contribution in [0.25, 0.3) is 0 Å². The van der Waals surface area contributed by atoms with Gasteiger partial charge in [-0.2, -0.15) is 0 Å². The number of carbonyl (C=O) groups excluding carboxylic acids is 2. The second-order valence-corrected chi connectivity index (χ2v) is 7.30. The van der Waals surface area contributed by atoms with Crippen LogP contribution in [0.3, 0.4) is 0 Å². The molecule has 6 nitrogen and oxygen atoms in total. The Morgan fingerprint density at radius 1 is 1.26 bits per heavy atom. The van der Waals surface area contributed by atoms with Gasteiger partial charge in [0.15, 0.2) is 0 Å². The third-order valence-electron chi connectivity index (χ3n) is 5.47. The zero-order chi connectivity index (χ0) is 18.9. The minimum atomic E-state index is -0.390. The molecule has 140 valence electrons. The Kier molecular flexibility index (Phi) is 4.51. The summed E-state index contributed by atoms with van der Waals surface area (Å²) in [5.74, 6) is -0.399. The minimum Gasteiger partial charge on any atom is -0.352 e. The predicted molar refractivity (Wildman–Crippen MR) is 98.2 cm³/mol. The highest BCUT2D eigenvalue weighted by Gasteiger charge is 2.61. The molecule has 2 N–H and O–H groups in total. The largest absolute Gasteiger partial charge is 0.352 e. The van der Waals surface area contributed by atoms with Gasteiger partial charge in [-0.25, -0.2) is 9.18 Å². The zero-order valence-corrected chi connectivity index (χ0v) is 14.8. The summed E-state index contributed by atoms with van der Waals surface area (Å²) in [5.41, 5.74) is 1.33. The van der Waals surface area contributed by atoms with Gasteiger partial charge in [-0.05, 0) is 48.7 Å². The molecule has 27 heavy (non-hydrogen) atoms. The molecule has 1 aliphatic carbocycles. The summed E-state index contributed by atoms with van der Waals surface area (Å²) in [7, 11) is 0. The van der Waals surface area contributed by atoms with Crippen LogP contribution < -0.4 is 10.6 Å². The van der Waals surface area contributed by atoms with Crippen LogP contribution in [0.5, 0.6) is 0 Å². The van der Waals surface area contributed by atoms with Crippen molar-refractivity contribution in [2.45, 2.75) is 19.4 Å². The first-order valence-corrected chi connectivity index (χ1v) is 9.04. The minimum absolute atomic E-state index is 0.0409. The van der Waals surface area contributed by atoms with Crippen molar-refractivity contribution in [2.75, 3.05) is 18.4 Å². The van der Waals surface area contributed by atoms with Crippen molar-refractivity contribution in [3.05, 3.63) is 60.2 Å². The molecule has 0 bridgehead atoms. The fourth-order valence-electron chi connectivity index (χ4n) is 3.82. The Morgan fingerprint density at radius 2 is 2.07 bits per heavy atom. The fourth-order valence-corrected chi connectivity index (χ4v) is 3.82. The number of benzene rings is 1. The Bertz CT molecular complexity index is 860. The van der Waals surface area contributed by atoms with Crippen LogP contribution in [0.2, 0.25) is 0 Å². The third-order valence-corrected chi connectivity index (χ3v) is 5.47. The summed E-state index contributed by atoms with van der Waals surface area (Å²) in [6, 6.07) is 9.32. The van der Waals surface area contributed by atoms with E-state index in [1.54, 1.807) is 29.4 Å². The third kappa shape index (κ3) is 3.77. The number of nitrogens with one attached hydrogen (secondary N) is 2. The standard InChI is InChI=1S/C20H21FN4O2/c21-15-2-1-3-16(10-15)24-19(27)25-9-6-20(13-25)11-17(20)18(26)23-12-14-4-7-22-8-5-14/h1-5,7-8,10,17H,6,9,11-13H2,(H,23,26)(H,24,27)/t17-,20-/m0/s1. The molecule has 1 saturated heterocycles. The Morgan fingerprint density at radius 3 is 2.85 bits per heavy atom. The van der Waals surface area contributed by atoms with Crippen LogP contribution in [0.15, 0.2) is 48.8 Å². The van der Waals surface area contributed by atoms with E-state index in [1.807, 2.05) is 12.1 Å². The quantitative estimate of drug-likeness (QED) is 0.871. The highest BCUT2D eigenvalue weighted by Crippen LogP contribution is 2.58. The molecule has 7 heteroatoms. The van der Waals surface area contributed by atoms with Gasteiger partial charge in [0, 0.05) is 49.0 Å². The van der Waals surface area contributed by atoms with Gasteiger partial charge in [-0.15, -0.1) is 0 Å². The van der Waals surface area contributed by atoms with Gasteiger partial charge in [0.25, 0.3) is 0 Å². The van der Waals surface area contributed by atoms with Crippen LogP contribution >= 0.6 is 0 Å². The SMILES string of the molecule is O=C(NCc1ccncc1)[C@@H]1C[C@]12CCN(C(=O)Nc1cccc(F)c1)C2. The number of anilines is 1. The van der Waals surface area contributed by atoms with E-state index in [1.165, 1.54) is 12.1 Å². The molecule has 2 heterocycles. The van der Waals surface area contributed by atoms with E-state index in [0.29, 0.717) is 25.3 Å². The Balaban J connectivity index is 1.29.